The molecule has 1 aromatic heterocycles. The van der Waals surface area contributed by atoms with E-state index in [1.54, 1.807) is 0 Å². The Hall–Kier alpha value is -3.80. The zero-order chi connectivity index (χ0) is 19.3. The maximum Gasteiger partial charge on any atom is 0.328 e. The minimum Gasteiger partial charge on any atom is -0.488 e. The number of hydrogen-bond acceptors (Lipinski definition) is 4. The van der Waals surface area contributed by atoms with Crippen LogP contribution in [0.1, 0.15) is 0 Å². The predicted octanol–water partition coefficient (Wildman–Crippen LogP) is 3.56. The monoisotopic (exact) mass is 374 g/mol. The quantitative estimate of drug-likeness (QED) is 0.560. The van der Waals surface area contributed by atoms with Crippen molar-refractivity contribution in [2.45, 2.75) is 6.54 Å². The van der Waals surface area contributed by atoms with Crippen LogP contribution < -0.4 is 20.7 Å². The minimum absolute atomic E-state index is 0.252. The van der Waals surface area contributed by atoms with E-state index in [-0.39, 0.29) is 6.61 Å². The van der Waals surface area contributed by atoms with Crippen molar-refractivity contribution in [1.82, 2.24) is 9.55 Å². The number of fused-ring (bicyclic) bond motifs is 1. The van der Waals surface area contributed by atoms with Crippen molar-refractivity contribution in [3.8, 4) is 17.2 Å². The number of H-pyrrole nitrogens is 1. The van der Waals surface area contributed by atoms with Gasteiger partial charge in [-0.3, -0.25) is 14.3 Å². The molecule has 0 saturated carbocycles. The molecule has 0 fully saturated rings. The van der Waals surface area contributed by atoms with Crippen molar-refractivity contribution in [3.05, 3.63) is 99.8 Å². The zero-order valence-electron chi connectivity index (χ0n) is 15.0. The number of para-hydroxylation sites is 2. The molecule has 0 radical (unpaired) electrons. The summed E-state index contributed by atoms with van der Waals surface area (Å²) >= 11 is 0. The van der Waals surface area contributed by atoms with Gasteiger partial charge in [0.05, 0.1) is 6.54 Å². The lowest BCUT2D eigenvalue weighted by molar-refractivity contribution is 0.283. The zero-order valence-corrected chi connectivity index (χ0v) is 15.0. The summed E-state index contributed by atoms with van der Waals surface area (Å²) in [6.45, 7) is 0.556. The van der Waals surface area contributed by atoms with Gasteiger partial charge in [-0.25, -0.2) is 4.79 Å². The summed E-state index contributed by atoms with van der Waals surface area (Å²) in [5.41, 5.74) is -0.882. The van der Waals surface area contributed by atoms with Crippen molar-refractivity contribution in [2.24, 2.45) is 0 Å². The molecule has 4 aromatic rings. The van der Waals surface area contributed by atoms with Gasteiger partial charge in [0.1, 0.15) is 12.4 Å². The topological polar surface area (TPSA) is 73.3 Å². The molecular weight excluding hydrogens is 356 g/mol. The van der Waals surface area contributed by atoms with E-state index in [1.807, 2.05) is 66.7 Å². The molecule has 0 amide bonds. The van der Waals surface area contributed by atoms with E-state index in [2.05, 4.69) is 4.98 Å². The lowest BCUT2D eigenvalue weighted by atomic mass is 10.1. The number of hydrogen-bond donors (Lipinski definition) is 1. The Morgan fingerprint density at radius 2 is 1.50 bits per heavy atom. The highest BCUT2D eigenvalue weighted by Gasteiger charge is 2.08. The average Bonchev–Trinajstić information content (AvgIpc) is 2.71. The Bertz CT molecular complexity index is 1220. The van der Waals surface area contributed by atoms with Gasteiger partial charge in [-0.2, -0.15) is 0 Å². The molecule has 28 heavy (non-hydrogen) atoms. The first-order chi connectivity index (χ1) is 13.7. The van der Waals surface area contributed by atoms with E-state index in [1.165, 1.54) is 16.8 Å². The second-order valence-corrected chi connectivity index (χ2v) is 6.18. The van der Waals surface area contributed by atoms with Gasteiger partial charge < -0.3 is 9.47 Å². The van der Waals surface area contributed by atoms with Gasteiger partial charge in [-0.1, -0.05) is 48.5 Å². The first kappa shape index (κ1) is 17.6. The molecule has 1 heterocycles. The van der Waals surface area contributed by atoms with Crippen molar-refractivity contribution >= 4 is 10.8 Å². The first-order valence-corrected chi connectivity index (χ1v) is 8.88. The fraction of sp³-hybridized carbons (Fsp3) is 0.0909. The van der Waals surface area contributed by atoms with Gasteiger partial charge in [-0.05, 0) is 23.6 Å². The summed E-state index contributed by atoms with van der Waals surface area (Å²) in [5.74, 6) is 1.91. The number of aromatic amines is 1. The molecule has 1 N–H and O–H groups in total. The van der Waals surface area contributed by atoms with Gasteiger partial charge in [-0.15, -0.1) is 0 Å². The normalized spacial score (nSPS) is 10.7. The van der Waals surface area contributed by atoms with Crippen LogP contribution in [-0.2, 0) is 6.54 Å². The van der Waals surface area contributed by atoms with Crippen LogP contribution in [-0.4, -0.2) is 16.2 Å². The summed E-state index contributed by atoms with van der Waals surface area (Å²) in [6.07, 6.45) is 1.45. The van der Waals surface area contributed by atoms with Crippen LogP contribution in [0.3, 0.4) is 0 Å². The van der Waals surface area contributed by atoms with Gasteiger partial charge in [0.25, 0.3) is 5.56 Å². The van der Waals surface area contributed by atoms with E-state index in [4.69, 9.17) is 9.47 Å². The smallest absolute Gasteiger partial charge is 0.328 e. The third-order valence-corrected chi connectivity index (χ3v) is 4.31. The third kappa shape index (κ3) is 3.81. The number of benzene rings is 3. The second kappa shape index (κ2) is 7.84. The Labute approximate surface area is 160 Å². The molecule has 0 bridgehead atoms. The van der Waals surface area contributed by atoms with Gasteiger partial charge in [0, 0.05) is 17.6 Å². The van der Waals surface area contributed by atoms with Crippen LogP contribution in [0.5, 0.6) is 17.2 Å². The van der Waals surface area contributed by atoms with Gasteiger partial charge in [0.2, 0.25) is 0 Å². The number of nitrogens with zero attached hydrogens (tertiary/aromatic N) is 1. The predicted molar refractivity (Wildman–Crippen MR) is 107 cm³/mol. The highest BCUT2D eigenvalue weighted by atomic mass is 16.5. The summed E-state index contributed by atoms with van der Waals surface area (Å²) in [4.78, 5) is 25.1. The van der Waals surface area contributed by atoms with E-state index < -0.39 is 11.2 Å². The standard InChI is InChI=1S/C22H18N2O4/c25-21-12-13-24(22(26)23-21)14-15-27-19-9-3-4-10-20(19)28-18-11-5-7-16-6-1-2-8-17(16)18/h1-13H,14-15H2,(H,23,25,26). The molecule has 140 valence electrons. The maximum absolute atomic E-state index is 11.7. The van der Waals surface area contributed by atoms with Crippen LogP contribution in [0.4, 0.5) is 0 Å². The summed E-state index contributed by atoms with van der Waals surface area (Å²) in [7, 11) is 0. The molecule has 0 saturated heterocycles. The van der Waals surface area contributed by atoms with Crippen molar-refractivity contribution in [2.75, 3.05) is 6.61 Å². The highest BCUT2D eigenvalue weighted by molar-refractivity contribution is 5.88. The number of nitrogens with one attached hydrogen (secondary N) is 1. The molecule has 0 unspecified atom stereocenters. The molecule has 0 atom stereocenters. The van der Waals surface area contributed by atoms with Crippen LogP contribution in [0.15, 0.2) is 88.6 Å². The lowest BCUT2D eigenvalue weighted by Gasteiger charge is -2.14. The van der Waals surface area contributed by atoms with E-state index in [0.29, 0.717) is 18.0 Å². The molecule has 4 rings (SSSR count). The Balaban J connectivity index is 1.52. The molecule has 3 aromatic carbocycles. The molecule has 0 aliphatic carbocycles. The van der Waals surface area contributed by atoms with Crippen molar-refractivity contribution in [3.63, 3.8) is 0 Å². The second-order valence-electron chi connectivity index (χ2n) is 6.18. The average molecular weight is 374 g/mol. The Morgan fingerprint density at radius 1 is 0.786 bits per heavy atom. The Morgan fingerprint density at radius 3 is 2.36 bits per heavy atom. The van der Waals surface area contributed by atoms with E-state index >= 15 is 0 Å². The molecule has 0 spiro atoms. The largest absolute Gasteiger partial charge is 0.488 e. The number of rotatable bonds is 6. The molecule has 6 nitrogen and oxygen atoms in total. The lowest BCUT2D eigenvalue weighted by Crippen LogP contribution is -2.30. The molecule has 0 aliphatic heterocycles. The number of ether oxygens (including phenoxy) is 2. The fourth-order valence-electron chi connectivity index (χ4n) is 2.93. The summed E-state index contributed by atoms with van der Waals surface area (Å²) in [6, 6.07) is 22.6. The molecule has 0 aliphatic rings. The highest BCUT2D eigenvalue weighted by Crippen LogP contribution is 2.34. The van der Waals surface area contributed by atoms with Crippen LogP contribution >= 0.6 is 0 Å². The first-order valence-electron chi connectivity index (χ1n) is 8.88. The van der Waals surface area contributed by atoms with Crippen LogP contribution in [0, 0.1) is 0 Å². The molecular formula is C22H18N2O4. The van der Waals surface area contributed by atoms with Crippen LogP contribution in [0.25, 0.3) is 10.8 Å². The van der Waals surface area contributed by atoms with Gasteiger partial charge in [0.15, 0.2) is 11.5 Å². The van der Waals surface area contributed by atoms with Crippen molar-refractivity contribution < 1.29 is 9.47 Å². The Kier molecular flexibility index (Phi) is 4.93. The molecule has 6 heteroatoms. The van der Waals surface area contributed by atoms with Crippen LogP contribution in [0.2, 0.25) is 0 Å². The summed E-state index contributed by atoms with van der Waals surface area (Å²) < 4.78 is 13.3. The van der Waals surface area contributed by atoms with Gasteiger partial charge >= 0.3 is 5.69 Å². The minimum atomic E-state index is -0.462. The fourth-order valence-corrected chi connectivity index (χ4v) is 2.93. The van der Waals surface area contributed by atoms with E-state index in [9.17, 15) is 9.59 Å². The third-order valence-electron chi connectivity index (χ3n) is 4.31. The van der Waals surface area contributed by atoms with E-state index in [0.717, 1.165) is 16.5 Å². The maximum atomic E-state index is 11.7. The SMILES string of the molecule is O=c1ccn(CCOc2ccccc2Oc2cccc3ccccc23)c(=O)[nH]1. The summed E-state index contributed by atoms with van der Waals surface area (Å²) in [5, 5.41) is 2.11. The van der Waals surface area contributed by atoms with Crippen molar-refractivity contribution in [1.29, 1.82) is 0 Å². The number of aromatic nitrogens is 2.